The first-order chi connectivity index (χ1) is 11.3. The Balaban J connectivity index is 2.16. The highest BCUT2D eigenvalue weighted by Gasteiger charge is 2.51. The minimum Gasteiger partial charge on any atom is -0.445 e. The molecule has 2 aliphatic heterocycles. The van der Waals surface area contributed by atoms with Crippen LogP contribution in [0.1, 0.15) is 13.8 Å². The van der Waals surface area contributed by atoms with Crippen LogP contribution in [0.2, 0.25) is 0 Å². The molecule has 2 heterocycles. The van der Waals surface area contributed by atoms with E-state index in [1.165, 1.54) is 19.9 Å². The van der Waals surface area contributed by atoms with Gasteiger partial charge < -0.3 is 18.9 Å². The summed E-state index contributed by atoms with van der Waals surface area (Å²) in [6, 6.07) is -1.14. The highest BCUT2D eigenvalue weighted by molar-refractivity contribution is 6.17. The third-order valence-electron chi connectivity index (χ3n) is 3.46. The quantitative estimate of drug-likeness (QED) is 0.400. The molecule has 9 heteroatoms. The van der Waals surface area contributed by atoms with E-state index in [2.05, 4.69) is 6.58 Å². The number of ketones is 1. The first-order valence-electron chi connectivity index (χ1n) is 7.38. The van der Waals surface area contributed by atoms with Gasteiger partial charge in [0.2, 0.25) is 5.92 Å². The summed E-state index contributed by atoms with van der Waals surface area (Å²) in [5.41, 5.74) is 0. The summed E-state index contributed by atoms with van der Waals surface area (Å²) < 4.78 is 20.0. The lowest BCUT2D eigenvalue weighted by atomic mass is 9.95. The molecule has 0 aromatic rings. The molecular weight excluding hydrogens is 322 g/mol. The normalized spacial score (nSPS) is 23.9. The fourth-order valence-corrected chi connectivity index (χ4v) is 2.42. The van der Waals surface area contributed by atoms with Gasteiger partial charge in [0.1, 0.15) is 12.6 Å². The molecular formula is C15H19NO8. The maximum absolute atomic E-state index is 12.6. The van der Waals surface area contributed by atoms with E-state index >= 15 is 0 Å². The van der Waals surface area contributed by atoms with Crippen molar-refractivity contribution < 1.29 is 38.1 Å². The molecule has 0 aliphatic carbocycles. The van der Waals surface area contributed by atoms with Gasteiger partial charge in [-0.25, -0.2) is 4.79 Å². The molecule has 2 fully saturated rings. The Kier molecular flexibility index (Phi) is 5.23. The number of carbonyl (C=O) groups excluding carboxylic acids is 4. The van der Waals surface area contributed by atoms with Gasteiger partial charge in [-0.15, -0.1) is 0 Å². The van der Waals surface area contributed by atoms with Crippen LogP contribution in [0.5, 0.6) is 0 Å². The van der Waals surface area contributed by atoms with E-state index in [9.17, 15) is 19.2 Å². The third kappa shape index (κ3) is 3.73. The van der Waals surface area contributed by atoms with Gasteiger partial charge in [-0.3, -0.25) is 19.3 Å². The van der Waals surface area contributed by atoms with Crippen molar-refractivity contribution in [1.29, 1.82) is 0 Å². The van der Waals surface area contributed by atoms with Crippen LogP contribution in [0.15, 0.2) is 12.7 Å². The second-order valence-electron chi connectivity index (χ2n) is 5.73. The number of amides is 1. The molecule has 0 saturated carbocycles. The molecule has 0 spiro atoms. The van der Waals surface area contributed by atoms with E-state index < -0.39 is 41.6 Å². The topological polar surface area (TPSA) is 108 Å². The predicted octanol–water partition coefficient (Wildman–Crippen LogP) is 0.0312. The zero-order chi connectivity index (χ0) is 17.9. The van der Waals surface area contributed by atoms with Crippen molar-refractivity contribution in [3.63, 3.8) is 0 Å². The fourth-order valence-electron chi connectivity index (χ4n) is 2.42. The van der Waals surface area contributed by atoms with Crippen molar-refractivity contribution in [3.05, 3.63) is 12.7 Å². The van der Waals surface area contributed by atoms with Crippen LogP contribution in [0, 0.1) is 5.92 Å². The molecule has 1 atom stereocenters. The second kappa shape index (κ2) is 7.00. The lowest BCUT2D eigenvalue weighted by Gasteiger charge is -2.37. The van der Waals surface area contributed by atoms with E-state index in [0.717, 1.165) is 4.90 Å². The Morgan fingerprint density at radius 1 is 1.33 bits per heavy atom. The number of morpholine rings is 1. The van der Waals surface area contributed by atoms with Gasteiger partial charge in [0, 0.05) is 20.4 Å². The zero-order valence-corrected chi connectivity index (χ0v) is 13.5. The Morgan fingerprint density at radius 3 is 2.54 bits per heavy atom. The largest absolute Gasteiger partial charge is 0.445 e. The minimum absolute atomic E-state index is 0.0290. The third-order valence-corrected chi connectivity index (χ3v) is 3.46. The number of rotatable bonds is 4. The van der Waals surface area contributed by atoms with E-state index in [1.807, 2.05) is 0 Å². The summed E-state index contributed by atoms with van der Waals surface area (Å²) >= 11 is 0. The minimum atomic E-state index is -1.75. The van der Waals surface area contributed by atoms with Crippen LogP contribution < -0.4 is 0 Å². The number of ether oxygens (including phenoxy) is 4. The summed E-state index contributed by atoms with van der Waals surface area (Å²) in [5, 5.41) is 0. The van der Waals surface area contributed by atoms with Gasteiger partial charge in [-0.05, 0) is 0 Å². The zero-order valence-electron chi connectivity index (χ0n) is 13.5. The van der Waals surface area contributed by atoms with E-state index in [1.54, 1.807) is 0 Å². The summed E-state index contributed by atoms with van der Waals surface area (Å²) in [6.45, 7) is 6.31. The molecule has 132 valence electrons. The van der Waals surface area contributed by atoms with Gasteiger partial charge >= 0.3 is 18.0 Å². The Labute approximate surface area is 138 Å². The molecule has 1 amide bonds. The monoisotopic (exact) mass is 341 g/mol. The van der Waals surface area contributed by atoms with Crippen molar-refractivity contribution in [2.45, 2.75) is 25.7 Å². The number of esters is 2. The van der Waals surface area contributed by atoms with E-state index in [0.29, 0.717) is 0 Å². The lowest BCUT2D eigenvalue weighted by Crippen LogP contribution is -2.58. The maximum atomic E-state index is 12.6. The Morgan fingerprint density at radius 2 is 1.96 bits per heavy atom. The van der Waals surface area contributed by atoms with Crippen LogP contribution in [-0.4, -0.2) is 66.9 Å². The Bertz CT molecular complexity index is 550. The first kappa shape index (κ1) is 17.9. The Hall–Kier alpha value is -2.42. The smallest absolute Gasteiger partial charge is 0.410 e. The van der Waals surface area contributed by atoms with Crippen LogP contribution in [0.4, 0.5) is 4.79 Å². The van der Waals surface area contributed by atoms with Gasteiger partial charge in [0.15, 0.2) is 5.78 Å². The number of nitrogens with zero attached hydrogens (tertiary/aromatic N) is 1. The molecule has 0 aromatic heterocycles. The summed E-state index contributed by atoms with van der Waals surface area (Å²) in [6.07, 6.45) is 0.627. The number of Topliss-reactive ketones (excluding diaryl/α,β-unsaturated/α-hetero) is 1. The molecule has 0 aromatic carbocycles. The van der Waals surface area contributed by atoms with E-state index in [4.69, 9.17) is 18.9 Å². The number of hydrogen-bond donors (Lipinski definition) is 0. The van der Waals surface area contributed by atoms with Crippen molar-refractivity contribution in [3.8, 4) is 0 Å². The number of cyclic esters (lactones) is 2. The highest BCUT2D eigenvalue weighted by atomic mass is 16.7. The number of hydrogen-bond acceptors (Lipinski definition) is 8. The van der Waals surface area contributed by atoms with Gasteiger partial charge in [0.05, 0.1) is 13.2 Å². The van der Waals surface area contributed by atoms with Crippen molar-refractivity contribution >= 4 is 23.8 Å². The highest BCUT2D eigenvalue weighted by Crippen LogP contribution is 2.26. The van der Waals surface area contributed by atoms with E-state index in [-0.39, 0.29) is 26.4 Å². The van der Waals surface area contributed by atoms with Crippen molar-refractivity contribution in [2.24, 2.45) is 5.92 Å². The van der Waals surface area contributed by atoms with Crippen molar-refractivity contribution in [2.75, 3.05) is 26.4 Å². The van der Waals surface area contributed by atoms with Crippen LogP contribution in [-0.2, 0) is 33.3 Å². The summed E-state index contributed by atoms with van der Waals surface area (Å²) in [4.78, 5) is 49.8. The van der Waals surface area contributed by atoms with Crippen LogP contribution >= 0.6 is 0 Å². The predicted molar refractivity (Wildman–Crippen MR) is 77.6 cm³/mol. The number of carbonyl (C=O) groups is 4. The van der Waals surface area contributed by atoms with Gasteiger partial charge in [-0.2, -0.15) is 0 Å². The molecule has 0 N–H and O–H groups in total. The average molecular weight is 341 g/mol. The molecule has 0 bridgehead atoms. The molecule has 2 saturated heterocycles. The molecule has 2 rings (SSSR count). The SMILES string of the molecule is C=CCOC(=O)N1CCOC[C@H]1C(=O)C1C(=O)OC(C)(C)OC1=O. The maximum Gasteiger partial charge on any atom is 0.410 e. The van der Waals surface area contributed by atoms with Crippen LogP contribution in [0.25, 0.3) is 0 Å². The summed E-state index contributed by atoms with van der Waals surface area (Å²) in [5.74, 6) is -6.02. The molecule has 0 radical (unpaired) electrons. The standard InChI is InChI=1S/C15H19NO8/c1-4-6-22-14(20)16-5-7-21-8-9(16)11(17)10-12(18)23-15(2,3)24-13(10)19/h4,9-10H,1,5-8H2,2-3H3/t9-/m0/s1. The lowest BCUT2D eigenvalue weighted by molar-refractivity contribution is -0.238. The molecule has 9 nitrogen and oxygen atoms in total. The molecule has 24 heavy (non-hydrogen) atoms. The van der Waals surface area contributed by atoms with Crippen LogP contribution in [0.3, 0.4) is 0 Å². The van der Waals surface area contributed by atoms with Gasteiger partial charge in [-0.1, -0.05) is 12.7 Å². The first-order valence-corrected chi connectivity index (χ1v) is 7.38. The van der Waals surface area contributed by atoms with Crippen molar-refractivity contribution in [1.82, 2.24) is 4.90 Å². The summed E-state index contributed by atoms with van der Waals surface area (Å²) in [7, 11) is 0. The molecule has 2 aliphatic rings. The second-order valence-corrected chi connectivity index (χ2v) is 5.73. The molecule has 0 unspecified atom stereocenters. The fraction of sp³-hybridized carbons (Fsp3) is 0.600. The van der Waals surface area contributed by atoms with Gasteiger partial charge in [0.25, 0.3) is 5.79 Å². The average Bonchev–Trinajstić information content (AvgIpc) is 2.50.